The van der Waals surface area contributed by atoms with E-state index >= 15 is 0 Å². The van der Waals surface area contributed by atoms with Crippen LogP contribution in [0.5, 0.6) is 0 Å². The first kappa shape index (κ1) is 14.1. The lowest BCUT2D eigenvalue weighted by molar-refractivity contribution is 0.181. The van der Waals surface area contributed by atoms with E-state index in [1.165, 1.54) is 6.07 Å². The fourth-order valence-electron chi connectivity index (χ4n) is 0.969. The van der Waals surface area contributed by atoms with Gasteiger partial charge in [0.05, 0.1) is 16.8 Å². The van der Waals surface area contributed by atoms with E-state index in [0.717, 1.165) is 17.8 Å². The van der Waals surface area contributed by atoms with Gasteiger partial charge >= 0.3 is 5.30 Å². The maximum absolute atomic E-state index is 13.3. The molecule has 0 atom stereocenters. The van der Waals surface area contributed by atoms with Crippen molar-refractivity contribution >= 4 is 51.7 Å². The normalized spacial score (nSPS) is 9.59. The second kappa shape index (κ2) is 6.71. The Kier molecular flexibility index (Phi) is 5.58. The highest BCUT2D eigenvalue weighted by Gasteiger charge is 2.13. The Labute approximate surface area is 112 Å². The van der Waals surface area contributed by atoms with Gasteiger partial charge in [0.2, 0.25) is 0 Å². The number of rotatable bonds is 3. The van der Waals surface area contributed by atoms with Crippen LogP contribution in [0.25, 0.3) is 0 Å². The first-order valence-corrected chi connectivity index (χ1v) is 6.10. The smallest absolute Gasteiger partial charge is 0.372 e. The summed E-state index contributed by atoms with van der Waals surface area (Å²) in [6, 6.07) is 2.38. The minimum Gasteiger partial charge on any atom is -0.458 e. The quantitative estimate of drug-likeness (QED) is 0.357. The van der Waals surface area contributed by atoms with Crippen molar-refractivity contribution in [3.8, 4) is 0 Å². The Morgan fingerprint density at radius 2 is 2.41 bits per heavy atom. The maximum Gasteiger partial charge on any atom is 0.372 e. The Balaban J connectivity index is 3.03. The van der Waals surface area contributed by atoms with Gasteiger partial charge in [0, 0.05) is 4.90 Å². The molecule has 0 radical (unpaired) electrons. The molecule has 0 fully saturated rings. The van der Waals surface area contributed by atoms with Crippen molar-refractivity contribution in [3.05, 3.63) is 23.0 Å². The fourth-order valence-corrected chi connectivity index (χ4v) is 2.02. The number of thiocarbonyl (C=S) groups is 1. The lowest BCUT2D eigenvalue weighted by Gasteiger charge is -2.05. The lowest BCUT2D eigenvalue weighted by Crippen LogP contribution is -1.96. The number of thioether (sulfide) groups is 1. The molecule has 1 rings (SSSR count). The number of hydrogen-bond acceptors (Lipinski definition) is 5. The van der Waals surface area contributed by atoms with Gasteiger partial charge in [0.25, 0.3) is 0 Å². The Hall–Kier alpha value is -0.940. The molecule has 0 saturated heterocycles. The largest absolute Gasteiger partial charge is 0.458 e. The summed E-state index contributed by atoms with van der Waals surface area (Å²) in [5, 5.41) is 1.65. The van der Waals surface area contributed by atoms with Gasteiger partial charge in [0.15, 0.2) is 5.82 Å². The average Bonchev–Trinajstić information content (AvgIpc) is 2.25. The molecule has 0 aliphatic carbocycles. The van der Waals surface area contributed by atoms with E-state index in [9.17, 15) is 9.18 Å². The van der Waals surface area contributed by atoms with Crippen LogP contribution < -0.4 is 0 Å². The molecule has 17 heavy (non-hydrogen) atoms. The van der Waals surface area contributed by atoms with Crippen LogP contribution in [0.15, 0.2) is 22.0 Å². The molecular weight excluding hydrogens is 285 g/mol. The zero-order chi connectivity index (χ0) is 12.8. The average molecular weight is 292 g/mol. The molecular formula is C10H7ClFNO2S2. The van der Waals surface area contributed by atoms with Crippen molar-refractivity contribution in [3.63, 3.8) is 0 Å². The molecule has 0 aliphatic rings. The number of aliphatic imine (C=N–C) groups is 1. The third-order valence-corrected chi connectivity index (χ3v) is 2.98. The number of carbonyl (C=O) groups excluding carboxylic acids is 1. The Morgan fingerprint density at radius 3 is 3.00 bits per heavy atom. The first-order chi connectivity index (χ1) is 8.08. The summed E-state index contributed by atoms with van der Waals surface area (Å²) in [7, 11) is 0. The molecule has 0 bridgehead atoms. The van der Waals surface area contributed by atoms with Gasteiger partial charge in [-0.2, -0.15) is 4.99 Å². The minimum absolute atomic E-state index is 0.0174. The predicted octanol–water partition coefficient (Wildman–Crippen LogP) is 4.46. The van der Waals surface area contributed by atoms with E-state index in [-0.39, 0.29) is 17.3 Å². The standard InChI is InChI=1S/C10H7ClFNO2S2/c1-2-15-10(14)17-9-4-8(13-5-16)7(12)3-6(9)11/h3-4H,2H2,1H3. The van der Waals surface area contributed by atoms with E-state index in [1.807, 2.05) is 5.16 Å². The first-order valence-electron chi connectivity index (χ1n) is 4.50. The van der Waals surface area contributed by atoms with Gasteiger partial charge in [-0.15, -0.1) is 0 Å². The van der Waals surface area contributed by atoms with E-state index < -0.39 is 11.1 Å². The number of isothiocyanates is 1. The van der Waals surface area contributed by atoms with Crippen LogP contribution in [0, 0.1) is 5.82 Å². The summed E-state index contributed by atoms with van der Waals surface area (Å²) >= 11 is 10.9. The van der Waals surface area contributed by atoms with E-state index in [0.29, 0.717) is 4.90 Å². The monoisotopic (exact) mass is 291 g/mol. The van der Waals surface area contributed by atoms with Crippen LogP contribution in [0.2, 0.25) is 5.02 Å². The van der Waals surface area contributed by atoms with Gasteiger partial charge < -0.3 is 4.74 Å². The van der Waals surface area contributed by atoms with Crippen LogP contribution in [0.1, 0.15) is 6.92 Å². The second-order valence-electron chi connectivity index (χ2n) is 2.72. The van der Waals surface area contributed by atoms with Crippen molar-refractivity contribution < 1.29 is 13.9 Å². The van der Waals surface area contributed by atoms with Crippen molar-refractivity contribution in [2.45, 2.75) is 11.8 Å². The summed E-state index contributed by atoms with van der Waals surface area (Å²) < 4.78 is 18.0. The maximum atomic E-state index is 13.3. The molecule has 0 N–H and O–H groups in total. The molecule has 0 aromatic heterocycles. The zero-order valence-electron chi connectivity index (χ0n) is 8.70. The molecule has 90 valence electrons. The highest BCUT2D eigenvalue weighted by Crippen LogP contribution is 2.33. The highest BCUT2D eigenvalue weighted by atomic mass is 35.5. The van der Waals surface area contributed by atoms with E-state index in [2.05, 4.69) is 17.2 Å². The summed E-state index contributed by atoms with van der Waals surface area (Å²) in [5.74, 6) is -0.624. The summed E-state index contributed by atoms with van der Waals surface area (Å²) in [6.07, 6.45) is 0. The minimum atomic E-state index is -0.624. The van der Waals surface area contributed by atoms with Crippen LogP contribution in [-0.2, 0) is 4.74 Å². The lowest BCUT2D eigenvalue weighted by atomic mass is 10.3. The fraction of sp³-hybridized carbons (Fsp3) is 0.200. The zero-order valence-corrected chi connectivity index (χ0v) is 11.1. The van der Waals surface area contributed by atoms with E-state index in [4.69, 9.17) is 16.3 Å². The molecule has 0 unspecified atom stereocenters. The molecule has 3 nitrogen and oxygen atoms in total. The molecule has 0 spiro atoms. The topological polar surface area (TPSA) is 38.7 Å². The second-order valence-corrected chi connectivity index (χ2v) is 4.29. The molecule has 0 amide bonds. The van der Waals surface area contributed by atoms with Gasteiger partial charge in [-0.05, 0) is 43.0 Å². The van der Waals surface area contributed by atoms with Gasteiger partial charge in [-0.1, -0.05) is 11.6 Å². The van der Waals surface area contributed by atoms with Crippen LogP contribution in [0.3, 0.4) is 0 Å². The summed E-state index contributed by atoms with van der Waals surface area (Å²) in [4.78, 5) is 15.1. The number of halogens is 2. The van der Waals surface area contributed by atoms with Crippen molar-refractivity contribution in [1.82, 2.24) is 0 Å². The van der Waals surface area contributed by atoms with Crippen LogP contribution in [0.4, 0.5) is 14.9 Å². The molecule has 0 aliphatic heterocycles. The van der Waals surface area contributed by atoms with Crippen LogP contribution >= 0.6 is 35.6 Å². The number of benzene rings is 1. The molecule has 7 heteroatoms. The van der Waals surface area contributed by atoms with Gasteiger partial charge in [-0.3, -0.25) is 0 Å². The molecule has 1 aromatic carbocycles. The van der Waals surface area contributed by atoms with Crippen molar-refractivity contribution in [2.24, 2.45) is 4.99 Å². The van der Waals surface area contributed by atoms with E-state index in [1.54, 1.807) is 6.92 Å². The number of nitrogens with zero attached hydrogens (tertiary/aromatic N) is 1. The summed E-state index contributed by atoms with van der Waals surface area (Å²) in [5.41, 5.74) is -0.0174. The Bertz CT molecular complexity index is 489. The molecule has 1 aromatic rings. The molecule has 0 saturated carbocycles. The molecule has 0 heterocycles. The highest BCUT2D eigenvalue weighted by molar-refractivity contribution is 8.13. The van der Waals surface area contributed by atoms with Gasteiger partial charge in [0.1, 0.15) is 5.69 Å². The number of hydrogen-bond donors (Lipinski definition) is 0. The van der Waals surface area contributed by atoms with Crippen molar-refractivity contribution in [2.75, 3.05) is 6.61 Å². The number of carbonyl (C=O) groups is 1. The Morgan fingerprint density at radius 1 is 1.71 bits per heavy atom. The SMILES string of the molecule is CCOC(=O)Sc1cc(N=C=S)c(F)cc1Cl. The third kappa shape index (κ3) is 4.09. The number of ether oxygens (including phenoxy) is 1. The summed E-state index contributed by atoms with van der Waals surface area (Å²) in [6.45, 7) is 1.95. The third-order valence-electron chi connectivity index (χ3n) is 1.62. The van der Waals surface area contributed by atoms with Gasteiger partial charge in [-0.25, -0.2) is 9.18 Å². The van der Waals surface area contributed by atoms with Crippen molar-refractivity contribution in [1.29, 1.82) is 0 Å². The van der Waals surface area contributed by atoms with Crippen LogP contribution in [-0.4, -0.2) is 17.1 Å². The predicted molar refractivity (Wildman–Crippen MR) is 69.0 cm³/mol.